The first-order chi connectivity index (χ1) is 9.84. The second-order valence-corrected chi connectivity index (χ2v) is 6.45. The molecule has 1 nitrogen and oxygen atoms in total. The molecule has 2 aromatic rings. The summed E-state index contributed by atoms with van der Waals surface area (Å²) < 4.78 is 3.78. The molecule has 2 heteroatoms. The second kappa shape index (κ2) is 4.78. The minimum atomic E-state index is 1.10. The number of allylic oxidation sites excluding steroid dienone is 2. The Bertz CT molecular complexity index is 720. The predicted octanol–water partition coefficient (Wildman–Crippen LogP) is 5.12. The molecular weight excluding hydrogens is 310 g/mol. The molecule has 0 bridgehead atoms. The van der Waals surface area contributed by atoms with Crippen LogP contribution >= 0.6 is 15.9 Å². The zero-order valence-electron chi connectivity index (χ0n) is 11.3. The summed E-state index contributed by atoms with van der Waals surface area (Å²) in [5.41, 5.74) is 7.10. The molecule has 100 valence electrons. The van der Waals surface area contributed by atoms with Gasteiger partial charge in [-0.25, -0.2) is 0 Å². The fraction of sp³-hybridized carbons (Fsp3) is 0.222. The summed E-state index contributed by atoms with van der Waals surface area (Å²) in [4.78, 5) is 0. The van der Waals surface area contributed by atoms with Gasteiger partial charge < -0.3 is 4.57 Å². The Morgan fingerprint density at radius 1 is 1.00 bits per heavy atom. The third kappa shape index (κ3) is 1.82. The van der Waals surface area contributed by atoms with E-state index in [4.69, 9.17) is 0 Å². The number of benzene rings is 1. The summed E-state index contributed by atoms with van der Waals surface area (Å²) in [6.07, 6.45) is 11.5. The number of halogens is 1. The molecule has 20 heavy (non-hydrogen) atoms. The van der Waals surface area contributed by atoms with Crippen molar-refractivity contribution in [3.05, 3.63) is 63.4 Å². The molecule has 1 aromatic heterocycles. The molecule has 2 aliphatic carbocycles. The van der Waals surface area contributed by atoms with Crippen LogP contribution in [0.15, 0.2) is 40.9 Å². The van der Waals surface area contributed by atoms with E-state index in [0.29, 0.717) is 0 Å². The highest BCUT2D eigenvalue weighted by atomic mass is 79.9. The lowest BCUT2D eigenvalue weighted by Gasteiger charge is -2.15. The van der Waals surface area contributed by atoms with E-state index in [1.54, 1.807) is 0 Å². The van der Waals surface area contributed by atoms with Crippen LogP contribution in [-0.4, -0.2) is 4.57 Å². The van der Waals surface area contributed by atoms with Gasteiger partial charge in [-0.1, -0.05) is 40.2 Å². The van der Waals surface area contributed by atoms with E-state index in [-0.39, 0.29) is 0 Å². The molecule has 0 saturated carbocycles. The maximum Gasteiger partial charge on any atom is 0.0494 e. The standard InChI is InChI=1S/C18H16BrN/c19-13-10-11-18-16(12-13)15-8-4-5-9-17(15)20(18)14-6-2-1-3-7-14/h1-3,5-7,9,12H,4,8,10-11H2. The van der Waals surface area contributed by atoms with Crippen molar-refractivity contribution < 1.29 is 0 Å². The summed E-state index contributed by atoms with van der Waals surface area (Å²) in [7, 11) is 0. The van der Waals surface area contributed by atoms with Crippen molar-refractivity contribution in [2.24, 2.45) is 0 Å². The lowest BCUT2D eigenvalue weighted by atomic mass is 9.95. The molecule has 2 aliphatic rings. The summed E-state index contributed by atoms with van der Waals surface area (Å²) in [6.45, 7) is 0. The summed E-state index contributed by atoms with van der Waals surface area (Å²) >= 11 is 3.69. The molecule has 0 saturated heterocycles. The van der Waals surface area contributed by atoms with Crippen LogP contribution in [0.5, 0.6) is 0 Å². The van der Waals surface area contributed by atoms with E-state index >= 15 is 0 Å². The van der Waals surface area contributed by atoms with Crippen molar-refractivity contribution in [1.29, 1.82) is 0 Å². The number of rotatable bonds is 1. The molecule has 0 unspecified atom stereocenters. The lowest BCUT2D eigenvalue weighted by molar-refractivity contribution is 0.864. The van der Waals surface area contributed by atoms with Gasteiger partial charge in [0.25, 0.3) is 0 Å². The fourth-order valence-electron chi connectivity index (χ4n) is 3.33. The Morgan fingerprint density at radius 3 is 2.70 bits per heavy atom. The van der Waals surface area contributed by atoms with Gasteiger partial charge in [0.05, 0.1) is 0 Å². The monoisotopic (exact) mass is 325 g/mol. The van der Waals surface area contributed by atoms with Crippen molar-refractivity contribution in [1.82, 2.24) is 4.57 Å². The number of hydrogen-bond acceptors (Lipinski definition) is 0. The van der Waals surface area contributed by atoms with Crippen molar-refractivity contribution in [2.75, 3.05) is 0 Å². The van der Waals surface area contributed by atoms with Gasteiger partial charge in [-0.3, -0.25) is 0 Å². The maximum absolute atomic E-state index is 3.69. The third-order valence-electron chi connectivity index (χ3n) is 4.21. The van der Waals surface area contributed by atoms with Crippen molar-refractivity contribution in [3.63, 3.8) is 0 Å². The van der Waals surface area contributed by atoms with E-state index in [1.165, 1.54) is 32.7 Å². The van der Waals surface area contributed by atoms with Crippen LogP contribution in [0.3, 0.4) is 0 Å². The average Bonchev–Trinajstić information content (AvgIpc) is 2.82. The van der Waals surface area contributed by atoms with Gasteiger partial charge >= 0.3 is 0 Å². The van der Waals surface area contributed by atoms with Crippen molar-refractivity contribution in [3.8, 4) is 5.69 Å². The maximum atomic E-state index is 3.69. The lowest BCUT2D eigenvalue weighted by Crippen LogP contribution is -2.05. The van der Waals surface area contributed by atoms with Gasteiger partial charge in [0.2, 0.25) is 0 Å². The summed E-state index contributed by atoms with van der Waals surface area (Å²) in [5.74, 6) is 0. The van der Waals surface area contributed by atoms with Gasteiger partial charge in [-0.15, -0.1) is 0 Å². The molecular formula is C18H16BrN. The molecule has 0 aliphatic heterocycles. The van der Waals surface area contributed by atoms with Gasteiger partial charge in [0.1, 0.15) is 0 Å². The molecule has 0 spiro atoms. The Balaban J connectivity index is 2.03. The highest BCUT2D eigenvalue weighted by Gasteiger charge is 2.24. The zero-order valence-corrected chi connectivity index (χ0v) is 12.9. The summed E-state index contributed by atoms with van der Waals surface area (Å²) in [5, 5.41) is 0. The van der Waals surface area contributed by atoms with Crippen LogP contribution in [0.25, 0.3) is 17.8 Å². The number of aromatic nitrogens is 1. The highest BCUT2D eigenvalue weighted by molar-refractivity contribution is 9.11. The van der Waals surface area contributed by atoms with Gasteiger partial charge in [0.15, 0.2) is 0 Å². The van der Waals surface area contributed by atoms with E-state index < -0.39 is 0 Å². The van der Waals surface area contributed by atoms with Crippen LogP contribution in [-0.2, 0) is 12.8 Å². The first kappa shape index (κ1) is 12.2. The van der Waals surface area contributed by atoms with E-state index in [0.717, 1.165) is 25.7 Å². The Morgan fingerprint density at radius 2 is 1.85 bits per heavy atom. The minimum Gasteiger partial charge on any atom is -0.313 e. The molecule has 0 atom stereocenters. The molecule has 1 heterocycles. The zero-order chi connectivity index (χ0) is 13.5. The number of para-hydroxylation sites is 1. The van der Waals surface area contributed by atoms with Crippen molar-refractivity contribution >= 4 is 28.1 Å². The normalized spacial score (nSPS) is 16.6. The van der Waals surface area contributed by atoms with Gasteiger partial charge in [-0.2, -0.15) is 0 Å². The van der Waals surface area contributed by atoms with E-state index in [1.807, 2.05) is 0 Å². The van der Waals surface area contributed by atoms with E-state index in [2.05, 4.69) is 69.1 Å². The number of nitrogens with zero attached hydrogens (tertiary/aromatic N) is 1. The number of hydrogen-bond donors (Lipinski definition) is 0. The first-order valence-electron chi connectivity index (χ1n) is 7.19. The van der Waals surface area contributed by atoms with Crippen LogP contribution < -0.4 is 0 Å². The molecule has 0 N–H and O–H groups in total. The first-order valence-corrected chi connectivity index (χ1v) is 7.98. The van der Waals surface area contributed by atoms with Gasteiger partial charge in [0, 0.05) is 22.6 Å². The van der Waals surface area contributed by atoms with Crippen molar-refractivity contribution in [2.45, 2.75) is 25.7 Å². The van der Waals surface area contributed by atoms with Crippen LogP contribution in [0.2, 0.25) is 0 Å². The minimum absolute atomic E-state index is 1.10. The molecule has 0 amide bonds. The van der Waals surface area contributed by atoms with Crippen LogP contribution in [0.4, 0.5) is 0 Å². The Labute approximate surface area is 127 Å². The quantitative estimate of drug-likeness (QED) is 0.685. The predicted molar refractivity (Wildman–Crippen MR) is 88.3 cm³/mol. The van der Waals surface area contributed by atoms with E-state index in [9.17, 15) is 0 Å². The molecule has 1 aromatic carbocycles. The largest absolute Gasteiger partial charge is 0.313 e. The Hall–Kier alpha value is -1.54. The Kier molecular flexibility index (Phi) is 2.92. The molecule has 0 fully saturated rings. The average molecular weight is 326 g/mol. The SMILES string of the molecule is BrC1=Cc2c3c(n(-c4ccccc4)c2CC1)C=CCC3. The topological polar surface area (TPSA) is 4.93 Å². The van der Waals surface area contributed by atoms with Crippen LogP contribution in [0, 0.1) is 0 Å². The van der Waals surface area contributed by atoms with Crippen LogP contribution in [0.1, 0.15) is 35.4 Å². The highest BCUT2D eigenvalue weighted by Crippen LogP contribution is 2.38. The third-order valence-corrected chi connectivity index (χ3v) is 4.83. The smallest absolute Gasteiger partial charge is 0.0494 e. The molecule has 4 rings (SSSR count). The molecule has 0 radical (unpaired) electrons. The summed E-state index contributed by atoms with van der Waals surface area (Å²) in [6, 6.07) is 10.7. The fourth-order valence-corrected chi connectivity index (χ4v) is 3.76. The van der Waals surface area contributed by atoms with Gasteiger partial charge in [-0.05, 0) is 60.0 Å². The second-order valence-electron chi connectivity index (χ2n) is 5.43. The number of fused-ring (bicyclic) bond motifs is 3.